The maximum atomic E-state index is 11.7. The van der Waals surface area contributed by atoms with Gasteiger partial charge < -0.3 is 14.2 Å². The smallest absolute Gasteiger partial charge is 0.350 e. The zero-order valence-electron chi connectivity index (χ0n) is 9.73. The molecule has 0 spiro atoms. The van der Waals surface area contributed by atoms with E-state index in [0.29, 0.717) is 6.42 Å². The molecule has 0 bridgehead atoms. The third-order valence-corrected chi connectivity index (χ3v) is 2.15. The van der Waals surface area contributed by atoms with E-state index in [4.69, 9.17) is 9.47 Å². The second-order valence-electron chi connectivity index (χ2n) is 3.99. The maximum absolute atomic E-state index is 11.7. The molecule has 1 aliphatic rings. The third-order valence-electron chi connectivity index (χ3n) is 2.15. The van der Waals surface area contributed by atoms with Gasteiger partial charge in [0.2, 0.25) is 11.7 Å². The van der Waals surface area contributed by atoms with Crippen LogP contribution in [-0.2, 0) is 28.6 Å². The van der Waals surface area contributed by atoms with E-state index in [9.17, 15) is 14.4 Å². The van der Waals surface area contributed by atoms with Crippen LogP contribution < -0.4 is 0 Å². The molecule has 6 nitrogen and oxygen atoms in total. The summed E-state index contributed by atoms with van der Waals surface area (Å²) >= 11 is 0. The number of carbonyl (C=O) groups is 3. The van der Waals surface area contributed by atoms with E-state index in [1.807, 2.05) is 0 Å². The summed E-state index contributed by atoms with van der Waals surface area (Å²) in [5.74, 6) is -2.11. The highest BCUT2D eigenvalue weighted by molar-refractivity contribution is 5.88. The van der Waals surface area contributed by atoms with Gasteiger partial charge in [-0.05, 0) is 13.8 Å². The number of hydrogen-bond donors (Lipinski definition) is 0. The average Bonchev–Trinajstić information content (AvgIpc) is 2.63. The Morgan fingerprint density at radius 2 is 2.18 bits per heavy atom. The van der Waals surface area contributed by atoms with Crippen LogP contribution >= 0.6 is 0 Å². The van der Waals surface area contributed by atoms with Gasteiger partial charge in [0.15, 0.2) is 0 Å². The van der Waals surface area contributed by atoms with E-state index in [0.717, 1.165) is 6.08 Å². The first-order chi connectivity index (χ1) is 7.86. The summed E-state index contributed by atoms with van der Waals surface area (Å²) < 4.78 is 14.4. The molecule has 1 saturated heterocycles. The van der Waals surface area contributed by atoms with Gasteiger partial charge in [-0.3, -0.25) is 0 Å². The van der Waals surface area contributed by atoms with Crippen LogP contribution in [0.25, 0.3) is 0 Å². The van der Waals surface area contributed by atoms with Crippen molar-refractivity contribution in [2.75, 3.05) is 6.61 Å². The minimum absolute atomic E-state index is 0.226. The fourth-order valence-electron chi connectivity index (χ4n) is 1.19. The molecule has 0 aromatic heterocycles. The molecule has 1 unspecified atom stereocenters. The molecule has 1 atom stereocenters. The van der Waals surface area contributed by atoms with Crippen molar-refractivity contribution in [1.82, 2.24) is 0 Å². The zero-order chi connectivity index (χ0) is 13.1. The molecule has 0 aliphatic carbocycles. The number of hydrogen-bond acceptors (Lipinski definition) is 6. The van der Waals surface area contributed by atoms with Crippen LogP contribution in [0.3, 0.4) is 0 Å². The Labute approximate surface area is 98.5 Å². The Balaban J connectivity index is 2.59. The molecule has 0 N–H and O–H groups in total. The van der Waals surface area contributed by atoms with Crippen LogP contribution in [0, 0.1) is 0 Å². The summed E-state index contributed by atoms with van der Waals surface area (Å²) in [7, 11) is 0. The van der Waals surface area contributed by atoms with E-state index in [1.54, 1.807) is 0 Å². The lowest BCUT2D eigenvalue weighted by Gasteiger charge is -2.23. The lowest BCUT2D eigenvalue weighted by Crippen LogP contribution is -2.41. The van der Waals surface area contributed by atoms with Gasteiger partial charge in [-0.1, -0.05) is 6.58 Å². The Bertz CT molecular complexity index is 357. The number of esters is 3. The standard InChI is InChI=1S/C11H14O6/c1-4-8(12)17-11(2,3)10(14)16-7-5-6-15-9(7)13/h4,7H,1,5-6H2,2-3H3. The summed E-state index contributed by atoms with van der Waals surface area (Å²) in [4.78, 5) is 33.8. The molecule has 6 heteroatoms. The fourth-order valence-corrected chi connectivity index (χ4v) is 1.19. The highest BCUT2D eigenvalue weighted by Crippen LogP contribution is 2.17. The molecule has 1 rings (SSSR count). The van der Waals surface area contributed by atoms with Crippen LogP contribution in [0.5, 0.6) is 0 Å². The lowest BCUT2D eigenvalue weighted by molar-refractivity contribution is -0.181. The van der Waals surface area contributed by atoms with E-state index in [1.165, 1.54) is 13.8 Å². The number of rotatable bonds is 4. The van der Waals surface area contributed by atoms with Gasteiger partial charge in [-0.25, -0.2) is 14.4 Å². The maximum Gasteiger partial charge on any atom is 0.350 e. The summed E-state index contributed by atoms with van der Waals surface area (Å²) in [6.45, 7) is 6.19. The van der Waals surface area contributed by atoms with Crippen molar-refractivity contribution in [1.29, 1.82) is 0 Å². The molecule has 1 heterocycles. The van der Waals surface area contributed by atoms with Gasteiger partial charge in [0.1, 0.15) is 0 Å². The normalized spacial score (nSPS) is 19.4. The fraction of sp³-hybridized carbons (Fsp3) is 0.545. The van der Waals surface area contributed by atoms with E-state index in [-0.39, 0.29) is 6.61 Å². The second kappa shape index (κ2) is 4.99. The lowest BCUT2D eigenvalue weighted by atomic mass is 10.1. The second-order valence-corrected chi connectivity index (χ2v) is 3.99. The predicted octanol–water partition coefficient (Wildman–Crippen LogP) is 0.353. The highest BCUT2D eigenvalue weighted by atomic mass is 16.6. The van der Waals surface area contributed by atoms with Crippen molar-refractivity contribution >= 4 is 17.9 Å². The summed E-state index contributed by atoms with van der Waals surface area (Å²) in [6, 6.07) is 0. The Hall–Kier alpha value is -1.85. The first-order valence-electron chi connectivity index (χ1n) is 5.10. The van der Waals surface area contributed by atoms with Gasteiger partial charge in [0.25, 0.3) is 0 Å². The van der Waals surface area contributed by atoms with Crippen molar-refractivity contribution in [3.05, 3.63) is 12.7 Å². The summed E-state index contributed by atoms with van der Waals surface area (Å²) in [5.41, 5.74) is -1.46. The molecular formula is C11H14O6. The zero-order valence-corrected chi connectivity index (χ0v) is 9.73. The van der Waals surface area contributed by atoms with Crippen LogP contribution in [0.1, 0.15) is 20.3 Å². The Morgan fingerprint density at radius 3 is 2.65 bits per heavy atom. The number of carbonyl (C=O) groups excluding carboxylic acids is 3. The van der Waals surface area contributed by atoms with E-state index in [2.05, 4.69) is 11.3 Å². The van der Waals surface area contributed by atoms with E-state index >= 15 is 0 Å². The van der Waals surface area contributed by atoms with Crippen LogP contribution in [0.2, 0.25) is 0 Å². The van der Waals surface area contributed by atoms with Crippen molar-refractivity contribution < 1.29 is 28.6 Å². The Morgan fingerprint density at radius 1 is 1.53 bits per heavy atom. The molecule has 0 aromatic rings. The van der Waals surface area contributed by atoms with Gasteiger partial charge in [0, 0.05) is 12.5 Å². The van der Waals surface area contributed by atoms with Crippen molar-refractivity contribution in [3.8, 4) is 0 Å². The molecule has 17 heavy (non-hydrogen) atoms. The molecular weight excluding hydrogens is 228 g/mol. The van der Waals surface area contributed by atoms with Crippen LogP contribution in [0.4, 0.5) is 0 Å². The van der Waals surface area contributed by atoms with Gasteiger partial charge in [-0.2, -0.15) is 0 Å². The van der Waals surface area contributed by atoms with Gasteiger partial charge in [0.05, 0.1) is 6.61 Å². The quantitative estimate of drug-likeness (QED) is 0.402. The highest BCUT2D eigenvalue weighted by Gasteiger charge is 2.38. The predicted molar refractivity (Wildman–Crippen MR) is 55.8 cm³/mol. The first-order valence-corrected chi connectivity index (χ1v) is 5.10. The largest absolute Gasteiger partial charge is 0.463 e. The Kier molecular flexibility index (Phi) is 3.88. The first kappa shape index (κ1) is 13.2. The molecule has 0 saturated carbocycles. The number of cyclic esters (lactones) is 1. The summed E-state index contributed by atoms with van der Waals surface area (Å²) in [5, 5.41) is 0. The molecule has 1 fully saturated rings. The minimum Gasteiger partial charge on any atom is -0.463 e. The SMILES string of the molecule is C=CC(=O)OC(C)(C)C(=O)OC1CCOC1=O. The third kappa shape index (κ3) is 3.30. The molecule has 0 amide bonds. The molecule has 0 aromatic carbocycles. The number of ether oxygens (including phenoxy) is 3. The van der Waals surface area contributed by atoms with Crippen molar-refractivity contribution in [2.24, 2.45) is 0 Å². The van der Waals surface area contributed by atoms with Crippen LogP contribution in [0.15, 0.2) is 12.7 Å². The summed E-state index contributed by atoms with van der Waals surface area (Å²) in [6.07, 6.45) is 0.346. The molecule has 1 aliphatic heterocycles. The van der Waals surface area contributed by atoms with Crippen LogP contribution in [-0.4, -0.2) is 36.2 Å². The topological polar surface area (TPSA) is 78.9 Å². The van der Waals surface area contributed by atoms with E-state index < -0.39 is 29.6 Å². The molecule has 94 valence electrons. The molecule has 0 radical (unpaired) electrons. The van der Waals surface area contributed by atoms with Crippen molar-refractivity contribution in [3.63, 3.8) is 0 Å². The van der Waals surface area contributed by atoms with Gasteiger partial charge >= 0.3 is 17.9 Å². The average molecular weight is 242 g/mol. The van der Waals surface area contributed by atoms with Crippen molar-refractivity contribution in [2.45, 2.75) is 32.0 Å². The monoisotopic (exact) mass is 242 g/mol. The minimum atomic E-state index is -1.46. The van der Waals surface area contributed by atoms with Gasteiger partial charge in [-0.15, -0.1) is 0 Å².